The van der Waals surface area contributed by atoms with E-state index in [9.17, 15) is 14.9 Å². The van der Waals surface area contributed by atoms with Crippen molar-refractivity contribution in [1.82, 2.24) is 0 Å². The average molecular weight is 265 g/mol. The fraction of sp³-hybridized carbons (Fsp3) is 0.462. The lowest BCUT2D eigenvalue weighted by molar-refractivity contribution is -0.385. The minimum Gasteiger partial charge on any atom is -0.486 e. The van der Waals surface area contributed by atoms with Crippen molar-refractivity contribution in [2.45, 2.75) is 31.3 Å². The second-order valence-corrected chi connectivity index (χ2v) is 4.65. The minimum atomic E-state index is -0.567. The summed E-state index contributed by atoms with van der Waals surface area (Å²) < 4.78 is 10.5. The highest BCUT2D eigenvalue weighted by Gasteiger charge is 2.42. The molecule has 1 aliphatic rings. The third-order valence-electron chi connectivity index (χ3n) is 3.32. The lowest BCUT2D eigenvalue weighted by Gasteiger charge is -2.41. The molecule has 6 heteroatoms. The van der Waals surface area contributed by atoms with Gasteiger partial charge in [-0.25, -0.2) is 0 Å². The number of carbonyl (C=O) groups is 1. The lowest BCUT2D eigenvalue weighted by Crippen LogP contribution is -2.45. The van der Waals surface area contributed by atoms with Gasteiger partial charge in [-0.15, -0.1) is 0 Å². The highest BCUT2D eigenvalue weighted by Crippen LogP contribution is 2.40. The van der Waals surface area contributed by atoms with Gasteiger partial charge in [-0.2, -0.15) is 0 Å². The van der Waals surface area contributed by atoms with Crippen LogP contribution in [0.5, 0.6) is 5.75 Å². The van der Waals surface area contributed by atoms with E-state index in [1.54, 1.807) is 12.1 Å². The normalized spacial score (nSPS) is 16.3. The van der Waals surface area contributed by atoms with Crippen LogP contribution in [-0.2, 0) is 9.53 Å². The number of hydrogen-bond acceptors (Lipinski definition) is 5. The predicted molar refractivity (Wildman–Crippen MR) is 66.9 cm³/mol. The second kappa shape index (κ2) is 5.26. The SMILES string of the molecule is COC(=O)CC1(Oc2cccc([N+](=O)[O-])c2)CCC1. The molecular weight excluding hydrogens is 250 g/mol. The molecule has 0 heterocycles. The van der Waals surface area contributed by atoms with E-state index in [-0.39, 0.29) is 18.1 Å². The number of hydrogen-bond donors (Lipinski definition) is 0. The quantitative estimate of drug-likeness (QED) is 0.464. The van der Waals surface area contributed by atoms with Gasteiger partial charge in [0.2, 0.25) is 0 Å². The fourth-order valence-electron chi connectivity index (χ4n) is 2.13. The van der Waals surface area contributed by atoms with Gasteiger partial charge in [0.15, 0.2) is 0 Å². The molecule has 0 aliphatic heterocycles. The van der Waals surface area contributed by atoms with Gasteiger partial charge in [0.25, 0.3) is 5.69 Å². The summed E-state index contributed by atoms with van der Waals surface area (Å²) in [6.07, 6.45) is 2.66. The van der Waals surface area contributed by atoms with Gasteiger partial charge >= 0.3 is 5.97 Å². The van der Waals surface area contributed by atoms with Gasteiger partial charge in [-0.1, -0.05) is 6.07 Å². The van der Waals surface area contributed by atoms with Crippen LogP contribution in [0.25, 0.3) is 0 Å². The first-order valence-corrected chi connectivity index (χ1v) is 6.05. The molecule has 0 atom stereocenters. The molecule has 0 spiro atoms. The number of esters is 1. The van der Waals surface area contributed by atoms with Gasteiger partial charge in [-0.3, -0.25) is 14.9 Å². The highest BCUT2D eigenvalue weighted by molar-refractivity contribution is 5.70. The summed E-state index contributed by atoms with van der Waals surface area (Å²) in [6.45, 7) is 0. The molecule has 2 rings (SSSR count). The number of non-ortho nitro benzene ring substituents is 1. The molecule has 19 heavy (non-hydrogen) atoms. The van der Waals surface area contributed by atoms with E-state index in [2.05, 4.69) is 4.74 Å². The predicted octanol–water partition coefficient (Wildman–Crippen LogP) is 2.46. The van der Waals surface area contributed by atoms with Crippen molar-refractivity contribution in [3.8, 4) is 5.75 Å². The van der Waals surface area contributed by atoms with Crippen LogP contribution in [0.2, 0.25) is 0 Å². The number of nitro benzene ring substituents is 1. The summed E-state index contributed by atoms with van der Waals surface area (Å²) in [4.78, 5) is 21.6. The van der Waals surface area contributed by atoms with Crippen LogP contribution < -0.4 is 4.74 Å². The molecule has 1 saturated carbocycles. The highest BCUT2D eigenvalue weighted by atomic mass is 16.6. The number of ether oxygens (including phenoxy) is 2. The Bertz CT molecular complexity index is 496. The number of rotatable bonds is 5. The van der Waals surface area contributed by atoms with Crippen LogP contribution in [0.3, 0.4) is 0 Å². The maximum atomic E-state index is 11.4. The van der Waals surface area contributed by atoms with Gasteiger partial charge < -0.3 is 9.47 Å². The second-order valence-electron chi connectivity index (χ2n) is 4.65. The van der Waals surface area contributed by atoms with Gasteiger partial charge in [0.05, 0.1) is 24.5 Å². The number of nitro groups is 1. The van der Waals surface area contributed by atoms with E-state index in [1.807, 2.05) is 0 Å². The third-order valence-corrected chi connectivity index (χ3v) is 3.32. The van der Waals surface area contributed by atoms with Crippen molar-refractivity contribution in [3.05, 3.63) is 34.4 Å². The average Bonchev–Trinajstić information content (AvgIpc) is 2.36. The summed E-state index contributed by atoms with van der Waals surface area (Å²) in [5.41, 5.74) is -0.590. The van der Waals surface area contributed by atoms with Crippen LogP contribution >= 0.6 is 0 Å². The topological polar surface area (TPSA) is 78.7 Å². The summed E-state index contributed by atoms with van der Waals surface area (Å²) in [7, 11) is 1.34. The Hall–Kier alpha value is -2.11. The van der Waals surface area contributed by atoms with E-state index in [0.29, 0.717) is 5.75 Å². The number of nitrogens with zero attached hydrogens (tertiary/aromatic N) is 1. The molecule has 1 aromatic carbocycles. The lowest BCUT2D eigenvalue weighted by atomic mass is 9.77. The molecule has 0 bridgehead atoms. The number of benzene rings is 1. The Kier molecular flexibility index (Phi) is 3.69. The zero-order valence-corrected chi connectivity index (χ0v) is 10.6. The van der Waals surface area contributed by atoms with Crippen LogP contribution in [0.15, 0.2) is 24.3 Å². The standard InChI is InChI=1S/C13H15NO5/c1-18-12(15)9-13(6-3-7-13)19-11-5-2-4-10(8-11)14(16)17/h2,4-5,8H,3,6-7,9H2,1H3. The minimum absolute atomic E-state index is 0.0231. The zero-order chi connectivity index (χ0) is 13.9. The van der Waals surface area contributed by atoms with Crippen LogP contribution in [0.4, 0.5) is 5.69 Å². The molecule has 0 amide bonds. The van der Waals surface area contributed by atoms with Crippen molar-refractivity contribution in [3.63, 3.8) is 0 Å². The van der Waals surface area contributed by atoms with Crippen LogP contribution in [-0.4, -0.2) is 23.6 Å². The first kappa shape index (κ1) is 13.3. The van der Waals surface area contributed by atoms with E-state index in [1.165, 1.54) is 19.2 Å². The monoisotopic (exact) mass is 265 g/mol. The maximum absolute atomic E-state index is 11.4. The Morgan fingerprint density at radius 1 is 1.47 bits per heavy atom. The number of methoxy groups -OCH3 is 1. The molecule has 1 aromatic rings. The summed E-state index contributed by atoms with van der Waals surface area (Å²) in [6, 6.07) is 6.00. The Morgan fingerprint density at radius 2 is 2.21 bits per heavy atom. The van der Waals surface area contributed by atoms with E-state index in [4.69, 9.17) is 4.74 Å². The molecule has 1 fully saturated rings. The Morgan fingerprint density at radius 3 is 2.74 bits per heavy atom. The molecule has 0 radical (unpaired) electrons. The summed E-state index contributed by atoms with van der Waals surface area (Å²) in [5.74, 6) is 0.0860. The molecule has 0 aromatic heterocycles. The molecule has 0 unspecified atom stereocenters. The molecule has 102 valence electrons. The van der Waals surface area contributed by atoms with Crippen molar-refractivity contribution in [1.29, 1.82) is 0 Å². The first-order valence-electron chi connectivity index (χ1n) is 6.05. The van der Waals surface area contributed by atoms with Crippen LogP contribution in [0, 0.1) is 10.1 Å². The van der Waals surface area contributed by atoms with E-state index >= 15 is 0 Å². The van der Waals surface area contributed by atoms with Crippen molar-refractivity contribution in [2.75, 3.05) is 7.11 Å². The maximum Gasteiger partial charge on any atom is 0.309 e. The van der Waals surface area contributed by atoms with Crippen molar-refractivity contribution in [2.24, 2.45) is 0 Å². The molecule has 0 saturated heterocycles. The van der Waals surface area contributed by atoms with Gasteiger partial charge in [0, 0.05) is 6.07 Å². The Labute approximate surface area is 110 Å². The summed E-state index contributed by atoms with van der Waals surface area (Å²) in [5, 5.41) is 10.7. The third kappa shape index (κ3) is 3.01. The van der Waals surface area contributed by atoms with Crippen molar-refractivity contribution < 1.29 is 19.2 Å². The van der Waals surface area contributed by atoms with Crippen molar-refractivity contribution >= 4 is 11.7 Å². The molecule has 0 N–H and O–H groups in total. The first-order chi connectivity index (χ1) is 9.04. The summed E-state index contributed by atoms with van der Waals surface area (Å²) >= 11 is 0. The molecule has 1 aliphatic carbocycles. The smallest absolute Gasteiger partial charge is 0.309 e. The van der Waals surface area contributed by atoms with Gasteiger partial charge in [-0.05, 0) is 25.3 Å². The van der Waals surface area contributed by atoms with Crippen LogP contribution in [0.1, 0.15) is 25.7 Å². The molecular formula is C13H15NO5. The molecule has 6 nitrogen and oxygen atoms in total. The zero-order valence-electron chi connectivity index (χ0n) is 10.6. The Balaban J connectivity index is 2.12. The number of carbonyl (C=O) groups excluding carboxylic acids is 1. The van der Waals surface area contributed by atoms with E-state index in [0.717, 1.165) is 19.3 Å². The van der Waals surface area contributed by atoms with Gasteiger partial charge in [0.1, 0.15) is 11.4 Å². The van der Waals surface area contributed by atoms with E-state index < -0.39 is 10.5 Å². The fourth-order valence-corrected chi connectivity index (χ4v) is 2.13. The largest absolute Gasteiger partial charge is 0.486 e.